The molecule has 0 unspecified atom stereocenters. The van der Waals surface area contributed by atoms with Gasteiger partial charge in [-0.05, 0) is 38.5 Å². The molecule has 0 atom stereocenters. The van der Waals surface area contributed by atoms with Gasteiger partial charge < -0.3 is 4.79 Å². The van der Waals surface area contributed by atoms with Crippen molar-refractivity contribution in [2.75, 3.05) is 0 Å². The van der Waals surface area contributed by atoms with Crippen LogP contribution in [0.3, 0.4) is 0 Å². The first-order valence-electron chi connectivity index (χ1n) is 10.9. The highest BCUT2D eigenvalue weighted by atomic mass is 16.1. The van der Waals surface area contributed by atoms with Crippen LogP contribution in [-0.4, -0.2) is 13.5 Å². The number of unbranched alkanes of at least 4 members (excludes halogenated alkanes) is 15. The maximum Gasteiger partial charge on any atom is 0.187 e. The molecule has 0 amide bonds. The minimum absolute atomic E-state index is 0.344. The molecule has 0 aliphatic heterocycles. The van der Waals surface area contributed by atoms with Crippen LogP contribution in [0.4, 0.5) is 0 Å². The highest BCUT2D eigenvalue weighted by molar-refractivity contribution is 6.57. The lowest BCUT2D eigenvalue weighted by molar-refractivity contribution is -0.111. The number of carbonyl (C=O) groups is 1. The summed E-state index contributed by atoms with van der Waals surface area (Å²) in [7, 11) is 1.70. The summed E-state index contributed by atoms with van der Waals surface area (Å²) in [6.07, 6.45) is 28.5. The number of hydrogen-bond donors (Lipinski definition) is 0. The van der Waals surface area contributed by atoms with E-state index in [1.807, 2.05) is 0 Å². The average molecular weight is 334 g/mol. The molecule has 0 heterocycles. The van der Waals surface area contributed by atoms with E-state index >= 15 is 0 Å². The predicted octanol–water partition coefficient (Wildman–Crippen LogP) is 6.74. The van der Waals surface area contributed by atoms with Gasteiger partial charge in [0.05, 0.1) is 5.68 Å². The van der Waals surface area contributed by atoms with E-state index in [4.69, 9.17) is 0 Å². The molecule has 0 fully saturated rings. The average Bonchev–Trinajstić information content (AvgIpc) is 2.56. The number of rotatable bonds is 19. The Morgan fingerprint density at radius 1 is 0.625 bits per heavy atom. The van der Waals surface area contributed by atoms with Crippen LogP contribution in [0.25, 0.3) is 0 Å². The summed E-state index contributed by atoms with van der Waals surface area (Å²) < 4.78 is 0. The van der Waals surface area contributed by atoms with Crippen LogP contribution in [-0.2, 0) is 4.79 Å². The standard InChI is InChI=1S/C22H43BO/c1-2-3-4-5-6-7-8-9-10-11-12-13-14-15-16-17-18-19-20-21-22(23)24/h9-10H,2-8,11-21,23H2,1H3. The van der Waals surface area contributed by atoms with Crippen molar-refractivity contribution >= 4 is 13.5 Å². The topological polar surface area (TPSA) is 17.1 Å². The van der Waals surface area contributed by atoms with Crippen LogP contribution >= 0.6 is 0 Å². The first kappa shape index (κ1) is 23.5. The summed E-state index contributed by atoms with van der Waals surface area (Å²) in [5, 5.41) is 0. The lowest BCUT2D eigenvalue weighted by atomic mass is 9.96. The molecular weight excluding hydrogens is 291 g/mol. The fourth-order valence-electron chi connectivity index (χ4n) is 3.15. The fraction of sp³-hybridized carbons (Fsp3) is 0.864. The van der Waals surface area contributed by atoms with Crippen molar-refractivity contribution in [3.63, 3.8) is 0 Å². The SMILES string of the molecule is BC(=O)CCCCCCCCCCCC=CCCCCCCCC. The highest BCUT2D eigenvalue weighted by Crippen LogP contribution is 2.12. The van der Waals surface area contributed by atoms with E-state index in [0.717, 1.165) is 12.8 Å². The van der Waals surface area contributed by atoms with E-state index in [0.29, 0.717) is 5.68 Å². The lowest BCUT2D eigenvalue weighted by Gasteiger charge is -2.01. The Morgan fingerprint density at radius 3 is 1.42 bits per heavy atom. The normalized spacial score (nSPS) is 11.4. The van der Waals surface area contributed by atoms with Crippen LogP contribution in [0.2, 0.25) is 0 Å². The smallest absolute Gasteiger partial charge is 0.187 e. The second-order valence-corrected chi connectivity index (χ2v) is 7.45. The molecule has 1 nitrogen and oxygen atoms in total. The first-order valence-corrected chi connectivity index (χ1v) is 10.9. The summed E-state index contributed by atoms with van der Waals surface area (Å²) in [5.74, 6) is 0. The van der Waals surface area contributed by atoms with Gasteiger partial charge >= 0.3 is 0 Å². The van der Waals surface area contributed by atoms with Crippen LogP contribution in [0.1, 0.15) is 122 Å². The molecule has 0 spiro atoms. The summed E-state index contributed by atoms with van der Waals surface area (Å²) >= 11 is 0. The molecule has 0 bridgehead atoms. The largest absolute Gasteiger partial charge is 0.312 e. The third-order valence-corrected chi connectivity index (χ3v) is 4.79. The zero-order valence-electron chi connectivity index (χ0n) is 16.8. The highest BCUT2D eigenvalue weighted by Gasteiger charge is 1.95. The molecular formula is C22H43BO. The van der Waals surface area contributed by atoms with Gasteiger partial charge in [-0.3, -0.25) is 0 Å². The molecule has 0 aromatic carbocycles. The molecule has 0 N–H and O–H groups in total. The Hall–Kier alpha value is -0.525. The number of allylic oxidation sites excluding steroid dienone is 2. The van der Waals surface area contributed by atoms with Gasteiger partial charge in [-0.2, -0.15) is 0 Å². The van der Waals surface area contributed by atoms with E-state index in [-0.39, 0.29) is 0 Å². The Kier molecular flexibility index (Phi) is 20.1. The molecule has 24 heavy (non-hydrogen) atoms. The molecule has 0 saturated heterocycles. The van der Waals surface area contributed by atoms with Gasteiger partial charge in [0.2, 0.25) is 0 Å². The van der Waals surface area contributed by atoms with Gasteiger partial charge in [0, 0.05) is 0 Å². The van der Waals surface area contributed by atoms with Gasteiger partial charge in [-0.25, -0.2) is 0 Å². The third kappa shape index (κ3) is 21.5. The van der Waals surface area contributed by atoms with Crippen LogP contribution in [0.15, 0.2) is 12.2 Å². The maximum atomic E-state index is 10.8. The minimum atomic E-state index is 0.344. The van der Waals surface area contributed by atoms with E-state index in [1.165, 1.54) is 103 Å². The van der Waals surface area contributed by atoms with E-state index < -0.39 is 0 Å². The van der Waals surface area contributed by atoms with E-state index in [9.17, 15) is 4.79 Å². The molecule has 0 aromatic heterocycles. The van der Waals surface area contributed by atoms with Crippen molar-refractivity contribution in [1.29, 1.82) is 0 Å². The number of hydrogen-bond acceptors (Lipinski definition) is 1. The van der Waals surface area contributed by atoms with Gasteiger partial charge in [-0.1, -0.05) is 96.1 Å². The molecule has 0 aliphatic rings. The molecule has 0 radical (unpaired) electrons. The van der Waals surface area contributed by atoms with Gasteiger partial charge in [-0.15, -0.1) is 0 Å². The predicted molar refractivity (Wildman–Crippen MR) is 111 cm³/mol. The molecule has 0 rings (SSSR count). The third-order valence-electron chi connectivity index (χ3n) is 4.79. The first-order chi connectivity index (χ1) is 11.8. The van der Waals surface area contributed by atoms with Crippen LogP contribution in [0, 0.1) is 0 Å². The van der Waals surface area contributed by atoms with Crippen LogP contribution < -0.4 is 0 Å². The zero-order valence-corrected chi connectivity index (χ0v) is 16.8. The van der Waals surface area contributed by atoms with Crippen molar-refractivity contribution in [1.82, 2.24) is 0 Å². The number of carbonyl (C=O) groups excluding carboxylic acids is 1. The minimum Gasteiger partial charge on any atom is -0.312 e. The summed E-state index contributed by atoms with van der Waals surface area (Å²) in [6, 6.07) is 0. The maximum absolute atomic E-state index is 10.8. The van der Waals surface area contributed by atoms with Crippen molar-refractivity contribution in [2.45, 2.75) is 122 Å². The Labute approximate surface area is 153 Å². The lowest BCUT2D eigenvalue weighted by Crippen LogP contribution is -1.94. The molecule has 140 valence electrons. The Morgan fingerprint density at radius 2 is 1.00 bits per heavy atom. The summed E-state index contributed by atoms with van der Waals surface area (Å²) in [5.41, 5.74) is 0.344. The second-order valence-electron chi connectivity index (χ2n) is 7.45. The fourth-order valence-corrected chi connectivity index (χ4v) is 3.15. The zero-order chi connectivity index (χ0) is 17.7. The van der Waals surface area contributed by atoms with E-state index in [1.54, 1.807) is 7.85 Å². The van der Waals surface area contributed by atoms with Gasteiger partial charge in [0.1, 0.15) is 0 Å². The van der Waals surface area contributed by atoms with Crippen molar-refractivity contribution in [3.05, 3.63) is 12.2 Å². The summed E-state index contributed by atoms with van der Waals surface area (Å²) in [6.45, 7) is 2.28. The Bertz CT molecular complexity index is 286. The van der Waals surface area contributed by atoms with Crippen LogP contribution in [0.5, 0.6) is 0 Å². The quantitative estimate of drug-likeness (QED) is 0.145. The summed E-state index contributed by atoms with van der Waals surface area (Å²) in [4.78, 5) is 10.8. The molecule has 0 saturated carbocycles. The van der Waals surface area contributed by atoms with Gasteiger partial charge in [0.15, 0.2) is 7.85 Å². The van der Waals surface area contributed by atoms with Crippen molar-refractivity contribution < 1.29 is 4.79 Å². The monoisotopic (exact) mass is 334 g/mol. The molecule has 2 heteroatoms. The molecule has 0 aliphatic carbocycles. The van der Waals surface area contributed by atoms with Gasteiger partial charge in [0.25, 0.3) is 0 Å². The second kappa shape index (κ2) is 20.5. The molecule has 0 aromatic rings. The van der Waals surface area contributed by atoms with Crippen molar-refractivity contribution in [2.24, 2.45) is 0 Å². The van der Waals surface area contributed by atoms with Crippen molar-refractivity contribution in [3.8, 4) is 0 Å². The Balaban J connectivity index is 3.06. The van der Waals surface area contributed by atoms with E-state index in [2.05, 4.69) is 19.1 Å².